The van der Waals surface area contributed by atoms with Crippen molar-refractivity contribution in [3.8, 4) is 0 Å². The summed E-state index contributed by atoms with van der Waals surface area (Å²) >= 11 is 8.84. The van der Waals surface area contributed by atoms with Crippen LogP contribution in [-0.4, -0.2) is 32.1 Å². The van der Waals surface area contributed by atoms with Crippen molar-refractivity contribution in [2.24, 2.45) is 7.05 Å². The van der Waals surface area contributed by atoms with Crippen molar-refractivity contribution in [1.82, 2.24) is 14.3 Å². The maximum Gasteiger partial charge on any atom is 0.273 e. The first-order valence-electron chi connectivity index (χ1n) is 8.65. The average Bonchev–Trinajstić information content (AvgIpc) is 3.08. The normalized spacial score (nSPS) is 11.0. The minimum absolute atomic E-state index is 0.0373. The molecule has 2 heterocycles. The maximum atomic E-state index is 13.7. The number of fused-ring (bicyclic) bond motifs is 1. The zero-order valence-electron chi connectivity index (χ0n) is 16.6. The zero-order chi connectivity index (χ0) is 23.3. The first-order chi connectivity index (χ1) is 14.6. The summed E-state index contributed by atoms with van der Waals surface area (Å²) in [7, 11) is 5.18. The number of carbonyl (C=O) groups excluding carboxylic acids is 2. The fourth-order valence-corrected chi connectivity index (χ4v) is 3.41. The number of amides is 2. The summed E-state index contributed by atoms with van der Waals surface area (Å²) in [6.45, 7) is 2.77. The molecule has 166 valence electrons. The quantitative estimate of drug-likeness (QED) is 0.193. The molecule has 3 rings (SSSR count). The van der Waals surface area contributed by atoms with E-state index >= 15 is 0 Å². The predicted octanol–water partition coefficient (Wildman–Crippen LogP) is 4.78. The van der Waals surface area contributed by atoms with Crippen molar-refractivity contribution in [3.05, 3.63) is 53.1 Å². The standard InChI is InChI=1S/C19H18ClFN4O3S.HIS/c1-19(2,28)18(27)24-29-10-4-7-15(22-9-10)23-17(26)14-8-11-13(25(14)3)6-5-12(21)16(11)20;1-2/h4-9,28H,1-3H3,(H,24,27)(H,22,23,26);2H. The third-order valence-electron chi connectivity index (χ3n) is 4.14. The molecule has 0 aliphatic carbocycles. The molecule has 0 aliphatic heterocycles. The van der Waals surface area contributed by atoms with Gasteiger partial charge in [-0.1, -0.05) is 11.6 Å². The number of halogens is 3. The highest BCUT2D eigenvalue weighted by Gasteiger charge is 2.23. The van der Waals surface area contributed by atoms with E-state index in [4.69, 9.17) is 11.6 Å². The molecule has 3 aromatic rings. The summed E-state index contributed by atoms with van der Waals surface area (Å²) in [6, 6.07) is 7.56. The number of aliphatic hydroxyl groups is 1. The van der Waals surface area contributed by atoms with E-state index in [9.17, 15) is 19.1 Å². The van der Waals surface area contributed by atoms with Crippen molar-refractivity contribution in [3.63, 3.8) is 0 Å². The van der Waals surface area contributed by atoms with Gasteiger partial charge in [0.1, 0.15) is 22.9 Å². The van der Waals surface area contributed by atoms with Gasteiger partial charge in [0.2, 0.25) is 0 Å². The Labute approximate surface area is 205 Å². The van der Waals surface area contributed by atoms with E-state index in [-0.39, 0.29) is 5.02 Å². The predicted molar refractivity (Wildman–Crippen MR) is 133 cm³/mol. The van der Waals surface area contributed by atoms with E-state index < -0.39 is 23.2 Å². The molecule has 31 heavy (non-hydrogen) atoms. The molecule has 2 aromatic heterocycles. The van der Waals surface area contributed by atoms with Crippen LogP contribution < -0.4 is 10.0 Å². The van der Waals surface area contributed by atoms with Gasteiger partial charge in [-0.15, -0.1) is 9.80 Å². The van der Waals surface area contributed by atoms with Gasteiger partial charge in [0.05, 0.1) is 10.5 Å². The molecule has 0 saturated heterocycles. The molecule has 3 N–H and O–H groups in total. The van der Waals surface area contributed by atoms with E-state index in [2.05, 4.69) is 24.8 Å². The number of carbonyl (C=O) groups is 2. The van der Waals surface area contributed by atoms with E-state index in [0.717, 1.165) is 11.9 Å². The number of nitrogens with one attached hydrogen (secondary N) is 2. The number of hydrogen-bond acceptors (Lipinski definition) is 6. The van der Waals surface area contributed by atoms with Crippen molar-refractivity contribution < 1.29 is 19.1 Å². The van der Waals surface area contributed by atoms with Crippen LogP contribution >= 0.6 is 54.6 Å². The van der Waals surface area contributed by atoms with E-state index in [1.807, 2.05) is 21.2 Å². The highest BCUT2D eigenvalue weighted by Crippen LogP contribution is 2.29. The van der Waals surface area contributed by atoms with Gasteiger partial charge >= 0.3 is 0 Å². The Morgan fingerprint density at radius 2 is 1.97 bits per heavy atom. The van der Waals surface area contributed by atoms with E-state index in [0.29, 0.717) is 27.3 Å². The van der Waals surface area contributed by atoms with Crippen LogP contribution in [0.2, 0.25) is 5.02 Å². The maximum absolute atomic E-state index is 13.7. The fraction of sp³-hybridized carbons (Fsp3) is 0.211. The second kappa shape index (κ2) is 10.9. The topological polar surface area (TPSA) is 96.2 Å². The lowest BCUT2D eigenvalue weighted by molar-refractivity contribution is -0.134. The third-order valence-corrected chi connectivity index (χ3v) is 5.29. The van der Waals surface area contributed by atoms with Crippen molar-refractivity contribution in [2.45, 2.75) is 24.3 Å². The molecular weight excluding hydrogens is 578 g/mol. The van der Waals surface area contributed by atoms with Crippen LogP contribution in [0.1, 0.15) is 24.3 Å². The minimum atomic E-state index is -1.49. The molecule has 0 radical (unpaired) electrons. The number of anilines is 1. The van der Waals surface area contributed by atoms with Gasteiger partial charge < -0.3 is 15.0 Å². The first-order valence-corrected chi connectivity index (χ1v) is 13.1. The van der Waals surface area contributed by atoms with Crippen LogP contribution in [0.3, 0.4) is 0 Å². The summed E-state index contributed by atoms with van der Waals surface area (Å²) in [6.07, 6.45) is 1.47. The lowest BCUT2D eigenvalue weighted by Gasteiger charge is -2.15. The molecule has 0 fully saturated rings. The number of aryl methyl sites for hydroxylation is 1. The fourth-order valence-electron chi connectivity index (χ4n) is 2.49. The van der Waals surface area contributed by atoms with Crippen LogP contribution in [0.25, 0.3) is 10.9 Å². The molecular formula is C19H19ClFIN4O3S2. The SMILES string of the molecule is Cn1c(C(=O)Nc2ccc(SNC(=O)C(C)(C)O)cn2)cc2c(Cl)c(F)ccc21.SI. The van der Waals surface area contributed by atoms with Crippen molar-refractivity contribution >= 4 is 83.1 Å². The number of rotatable bonds is 5. The van der Waals surface area contributed by atoms with Gasteiger partial charge in [0, 0.05) is 23.5 Å². The van der Waals surface area contributed by atoms with Crippen LogP contribution in [0.15, 0.2) is 41.4 Å². The zero-order valence-corrected chi connectivity index (χ0v) is 21.2. The number of benzene rings is 1. The third kappa shape index (κ3) is 6.25. The van der Waals surface area contributed by atoms with Gasteiger partial charge in [0.25, 0.3) is 11.8 Å². The monoisotopic (exact) mass is 596 g/mol. The molecule has 0 atom stereocenters. The van der Waals surface area contributed by atoms with Gasteiger partial charge in [-0.25, -0.2) is 9.37 Å². The molecule has 2 amide bonds. The first kappa shape index (κ1) is 25.7. The summed E-state index contributed by atoms with van der Waals surface area (Å²) in [4.78, 5) is 29.0. The Bertz CT molecular complexity index is 1100. The summed E-state index contributed by atoms with van der Waals surface area (Å²) < 4.78 is 17.8. The van der Waals surface area contributed by atoms with Gasteiger partial charge in [0.15, 0.2) is 0 Å². The van der Waals surface area contributed by atoms with Gasteiger partial charge in [-0.2, -0.15) is 0 Å². The highest BCUT2D eigenvalue weighted by molar-refractivity contribution is 14.2. The molecule has 0 unspecified atom stereocenters. The molecule has 0 spiro atoms. The van der Waals surface area contributed by atoms with Crippen LogP contribution in [0, 0.1) is 5.82 Å². The molecule has 7 nitrogen and oxygen atoms in total. The number of nitrogens with zero attached hydrogens (tertiary/aromatic N) is 2. The van der Waals surface area contributed by atoms with E-state index in [1.165, 1.54) is 32.2 Å². The lowest BCUT2D eigenvalue weighted by atomic mass is 10.1. The molecule has 0 aliphatic rings. The van der Waals surface area contributed by atoms with Gasteiger partial charge in [-0.3, -0.25) is 14.3 Å². The minimum Gasteiger partial charge on any atom is -0.381 e. The average molecular weight is 597 g/mol. The largest absolute Gasteiger partial charge is 0.381 e. The van der Waals surface area contributed by atoms with E-state index in [1.54, 1.807) is 29.8 Å². The lowest BCUT2D eigenvalue weighted by Crippen LogP contribution is -2.38. The van der Waals surface area contributed by atoms with Gasteiger partial charge in [-0.05, 0) is 77.3 Å². The Morgan fingerprint density at radius 3 is 2.55 bits per heavy atom. The van der Waals surface area contributed by atoms with Crippen molar-refractivity contribution in [1.29, 1.82) is 0 Å². The summed E-state index contributed by atoms with van der Waals surface area (Å²) in [5, 5.41) is 12.7. The van der Waals surface area contributed by atoms with Crippen LogP contribution in [0.4, 0.5) is 10.2 Å². The Hall–Kier alpha value is -1.54. The summed E-state index contributed by atoms with van der Waals surface area (Å²) in [5.74, 6) is -1.21. The second-order valence-electron chi connectivity index (χ2n) is 6.81. The second-order valence-corrected chi connectivity index (χ2v) is 8.07. The number of thiol groups is 1. The highest BCUT2D eigenvalue weighted by atomic mass is 127. The number of pyridine rings is 1. The molecule has 0 saturated carbocycles. The van der Waals surface area contributed by atoms with Crippen LogP contribution in [-0.2, 0) is 11.8 Å². The Kier molecular flexibility index (Phi) is 9.01. The smallest absolute Gasteiger partial charge is 0.273 e. The number of aromatic nitrogens is 2. The van der Waals surface area contributed by atoms with Crippen LogP contribution in [0.5, 0.6) is 0 Å². The Balaban J connectivity index is 0.00000166. The van der Waals surface area contributed by atoms with Crippen molar-refractivity contribution in [2.75, 3.05) is 5.32 Å². The number of hydrogen-bond donors (Lipinski definition) is 4. The molecule has 12 heteroatoms. The molecule has 0 bridgehead atoms. The molecule has 1 aromatic carbocycles. The summed E-state index contributed by atoms with van der Waals surface area (Å²) in [5.41, 5.74) is -0.562. The Morgan fingerprint density at radius 1 is 1.29 bits per heavy atom.